The lowest BCUT2D eigenvalue weighted by molar-refractivity contribution is -0.000313. The monoisotopic (exact) mass is 221 g/mol. The molecule has 0 amide bonds. The third-order valence-corrected chi connectivity index (χ3v) is 2.66. The summed E-state index contributed by atoms with van der Waals surface area (Å²) in [6.45, 7) is 5.46. The molecule has 16 heavy (non-hydrogen) atoms. The molecule has 0 saturated heterocycles. The van der Waals surface area contributed by atoms with Crippen LogP contribution in [-0.2, 0) is 11.2 Å². The summed E-state index contributed by atoms with van der Waals surface area (Å²) in [7, 11) is 0. The van der Waals surface area contributed by atoms with Crippen LogP contribution in [0.2, 0.25) is 0 Å². The van der Waals surface area contributed by atoms with Crippen molar-refractivity contribution in [2.45, 2.75) is 32.4 Å². The molecular weight excluding hydrogens is 202 g/mol. The maximum Gasteiger partial charge on any atom is 0.122 e. The molecule has 0 spiro atoms. The molecule has 1 heterocycles. The van der Waals surface area contributed by atoms with E-state index in [9.17, 15) is 0 Å². The fourth-order valence-electron chi connectivity index (χ4n) is 1.74. The van der Waals surface area contributed by atoms with Gasteiger partial charge in [0.2, 0.25) is 0 Å². The molecule has 1 N–H and O–H groups in total. The molecule has 88 valence electrons. The molecule has 1 aromatic carbocycles. The van der Waals surface area contributed by atoms with Crippen LogP contribution in [0.3, 0.4) is 0 Å². The van der Waals surface area contributed by atoms with Crippen molar-refractivity contribution in [3.8, 4) is 5.75 Å². The first-order chi connectivity index (χ1) is 7.75. The summed E-state index contributed by atoms with van der Waals surface area (Å²) in [5.74, 6) is 0.999. The third kappa shape index (κ3) is 2.97. The highest BCUT2D eigenvalue weighted by molar-refractivity contribution is 5.35. The van der Waals surface area contributed by atoms with Gasteiger partial charge in [0.15, 0.2) is 0 Å². The number of nitrogens with one attached hydrogen (secondary N) is 1. The Bertz CT molecular complexity index is 338. The Kier molecular flexibility index (Phi) is 3.80. The zero-order valence-corrected chi connectivity index (χ0v) is 9.90. The van der Waals surface area contributed by atoms with Crippen LogP contribution >= 0.6 is 0 Å². The first-order valence-electron chi connectivity index (χ1n) is 5.81. The fraction of sp³-hybridized carbons (Fsp3) is 0.538. The van der Waals surface area contributed by atoms with Crippen molar-refractivity contribution in [1.29, 1.82) is 0 Å². The summed E-state index contributed by atoms with van der Waals surface area (Å²) < 4.78 is 11.4. The van der Waals surface area contributed by atoms with Crippen LogP contribution in [0.15, 0.2) is 24.3 Å². The Morgan fingerprint density at radius 1 is 1.44 bits per heavy atom. The van der Waals surface area contributed by atoms with Gasteiger partial charge in [0, 0.05) is 12.5 Å². The van der Waals surface area contributed by atoms with E-state index >= 15 is 0 Å². The highest BCUT2D eigenvalue weighted by Gasteiger charge is 2.19. The number of benzene rings is 1. The van der Waals surface area contributed by atoms with Gasteiger partial charge in [-0.2, -0.15) is 0 Å². The second-order valence-electron chi connectivity index (χ2n) is 4.41. The van der Waals surface area contributed by atoms with Crippen LogP contribution in [0, 0.1) is 0 Å². The molecule has 0 saturated carbocycles. The zero-order chi connectivity index (χ0) is 11.4. The second kappa shape index (κ2) is 5.32. The van der Waals surface area contributed by atoms with Gasteiger partial charge >= 0.3 is 0 Å². The first-order valence-corrected chi connectivity index (χ1v) is 5.81. The van der Waals surface area contributed by atoms with Crippen LogP contribution in [0.25, 0.3) is 0 Å². The summed E-state index contributed by atoms with van der Waals surface area (Å²) >= 11 is 0. The van der Waals surface area contributed by atoms with Gasteiger partial charge in [-0.05, 0) is 25.5 Å². The van der Waals surface area contributed by atoms with E-state index in [0.29, 0.717) is 19.4 Å². The van der Waals surface area contributed by atoms with Crippen LogP contribution in [-0.4, -0.2) is 25.5 Å². The summed E-state index contributed by atoms with van der Waals surface area (Å²) in [4.78, 5) is 0. The Hall–Kier alpha value is -1.06. The average Bonchev–Trinajstić information content (AvgIpc) is 2.28. The predicted octanol–water partition coefficient (Wildman–Crippen LogP) is 1.96. The Balaban J connectivity index is 1.83. The van der Waals surface area contributed by atoms with Gasteiger partial charge in [0.25, 0.3) is 0 Å². The highest BCUT2D eigenvalue weighted by Crippen LogP contribution is 2.24. The molecule has 3 heteroatoms. The van der Waals surface area contributed by atoms with Gasteiger partial charge in [-0.25, -0.2) is 0 Å². The standard InChI is InChI=1S/C13H19NO2/c1-10(2)14-9-16-12-7-11-5-3-4-6-13(11)15-8-12/h3-6,10,12,14H,7-9H2,1-2H3/t12-/m1/s1. The Morgan fingerprint density at radius 2 is 2.25 bits per heavy atom. The van der Waals surface area contributed by atoms with Gasteiger partial charge in [-0.15, -0.1) is 0 Å². The van der Waals surface area contributed by atoms with E-state index in [-0.39, 0.29) is 6.10 Å². The van der Waals surface area contributed by atoms with Crippen molar-refractivity contribution < 1.29 is 9.47 Å². The number of fused-ring (bicyclic) bond motifs is 1. The van der Waals surface area contributed by atoms with Gasteiger partial charge in [0.05, 0.1) is 12.8 Å². The maximum absolute atomic E-state index is 5.71. The minimum absolute atomic E-state index is 0.168. The smallest absolute Gasteiger partial charge is 0.122 e. The van der Waals surface area contributed by atoms with Crippen molar-refractivity contribution in [2.24, 2.45) is 0 Å². The van der Waals surface area contributed by atoms with Gasteiger partial charge in [-0.1, -0.05) is 18.2 Å². The minimum atomic E-state index is 0.168. The highest BCUT2D eigenvalue weighted by atomic mass is 16.5. The molecule has 0 bridgehead atoms. The van der Waals surface area contributed by atoms with E-state index < -0.39 is 0 Å². The van der Waals surface area contributed by atoms with E-state index in [1.807, 2.05) is 18.2 Å². The molecule has 0 aromatic heterocycles. The van der Waals surface area contributed by atoms with E-state index in [1.54, 1.807) is 0 Å². The molecule has 2 rings (SSSR count). The Morgan fingerprint density at radius 3 is 3.06 bits per heavy atom. The number of hydrogen-bond acceptors (Lipinski definition) is 3. The molecular formula is C13H19NO2. The van der Waals surface area contributed by atoms with Crippen LogP contribution in [0.1, 0.15) is 19.4 Å². The average molecular weight is 221 g/mol. The zero-order valence-electron chi connectivity index (χ0n) is 9.90. The normalized spacial score (nSPS) is 19.3. The summed E-state index contributed by atoms with van der Waals surface area (Å²) in [5, 5.41) is 3.24. The lowest BCUT2D eigenvalue weighted by atomic mass is 10.0. The molecule has 0 aliphatic carbocycles. The summed E-state index contributed by atoms with van der Waals surface area (Å²) in [5.41, 5.74) is 1.24. The van der Waals surface area contributed by atoms with E-state index in [4.69, 9.17) is 9.47 Å². The van der Waals surface area contributed by atoms with Crippen LogP contribution < -0.4 is 10.1 Å². The van der Waals surface area contributed by atoms with Crippen molar-refractivity contribution in [3.05, 3.63) is 29.8 Å². The quantitative estimate of drug-likeness (QED) is 0.788. The number of ether oxygens (including phenoxy) is 2. The lowest BCUT2D eigenvalue weighted by Gasteiger charge is -2.25. The molecule has 1 aliphatic rings. The van der Waals surface area contributed by atoms with E-state index in [2.05, 4.69) is 25.2 Å². The molecule has 0 radical (unpaired) electrons. The third-order valence-electron chi connectivity index (χ3n) is 2.66. The van der Waals surface area contributed by atoms with Crippen LogP contribution in [0.4, 0.5) is 0 Å². The lowest BCUT2D eigenvalue weighted by Crippen LogP contribution is -2.34. The van der Waals surface area contributed by atoms with Crippen molar-refractivity contribution in [1.82, 2.24) is 5.32 Å². The Labute approximate surface area is 96.8 Å². The molecule has 3 nitrogen and oxygen atoms in total. The number of rotatable bonds is 4. The summed E-state index contributed by atoms with van der Waals surface area (Å²) in [6.07, 6.45) is 1.11. The number of para-hydroxylation sites is 1. The molecule has 0 fully saturated rings. The predicted molar refractivity (Wildman–Crippen MR) is 63.7 cm³/mol. The second-order valence-corrected chi connectivity index (χ2v) is 4.41. The topological polar surface area (TPSA) is 30.5 Å². The molecule has 1 aromatic rings. The fourth-order valence-corrected chi connectivity index (χ4v) is 1.74. The summed E-state index contributed by atoms with van der Waals surface area (Å²) in [6, 6.07) is 8.60. The van der Waals surface area contributed by atoms with Gasteiger partial charge in [-0.3, -0.25) is 5.32 Å². The van der Waals surface area contributed by atoms with Crippen molar-refractivity contribution in [2.75, 3.05) is 13.3 Å². The SMILES string of the molecule is CC(C)NCO[C@H]1COc2ccccc2C1. The molecule has 1 atom stereocenters. The van der Waals surface area contributed by atoms with Crippen LogP contribution in [0.5, 0.6) is 5.75 Å². The molecule has 0 unspecified atom stereocenters. The largest absolute Gasteiger partial charge is 0.491 e. The van der Waals surface area contributed by atoms with Gasteiger partial charge < -0.3 is 9.47 Å². The number of hydrogen-bond donors (Lipinski definition) is 1. The first kappa shape index (κ1) is 11.4. The van der Waals surface area contributed by atoms with Crippen molar-refractivity contribution in [3.63, 3.8) is 0 Å². The van der Waals surface area contributed by atoms with Gasteiger partial charge in [0.1, 0.15) is 12.4 Å². The van der Waals surface area contributed by atoms with E-state index in [1.165, 1.54) is 5.56 Å². The minimum Gasteiger partial charge on any atom is -0.491 e. The maximum atomic E-state index is 5.71. The van der Waals surface area contributed by atoms with Crippen molar-refractivity contribution >= 4 is 0 Å². The molecule has 1 aliphatic heterocycles. The van der Waals surface area contributed by atoms with E-state index in [0.717, 1.165) is 12.2 Å².